The zero-order chi connectivity index (χ0) is 19.8. The largest absolute Gasteiger partial charge is 0.366 e. The van der Waals surface area contributed by atoms with Crippen LogP contribution in [0.25, 0.3) is 5.83 Å². The smallest absolute Gasteiger partial charge is 0.320 e. The summed E-state index contributed by atoms with van der Waals surface area (Å²) in [4.78, 5) is 27.5. The number of hydrogen-bond donors (Lipinski definition) is 1. The molecule has 0 aromatic heterocycles. The zero-order valence-electron chi connectivity index (χ0n) is 15.7. The van der Waals surface area contributed by atoms with Crippen LogP contribution in [0.2, 0.25) is 0 Å². The molecule has 8 heteroatoms. The quantitative estimate of drug-likeness (QED) is 0.840. The second-order valence-corrected chi connectivity index (χ2v) is 7.68. The predicted molar refractivity (Wildman–Crippen MR) is 98.5 cm³/mol. The van der Waals surface area contributed by atoms with Gasteiger partial charge in [-0.05, 0) is 31.1 Å². The van der Waals surface area contributed by atoms with Crippen molar-refractivity contribution in [2.45, 2.75) is 25.5 Å². The predicted octanol–water partition coefficient (Wildman–Crippen LogP) is 2.09. The number of nitrogens with one attached hydrogen (secondary N) is 1. The van der Waals surface area contributed by atoms with Gasteiger partial charge >= 0.3 is 6.03 Å². The van der Waals surface area contributed by atoms with Crippen molar-refractivity contribution in [3.8, 4) is 0 Å². The fourth-order valence-electron chi connectivity index (χ4n) is 3.89. The van der Waals surface area contributed by atoms with Gasteiger partial charge in [-0.3, -0.25) is 4.79 Å². The van der Waals surface area contributed by atoms with Gasteiger partial charge < -0.3 is 19.9 Å². The Labute approximate surface area is 162 Å². The van der Waals surface area contributed by atoms with E-state index in [2.05, 4.69) is 5.32 Å². The second-order valence-electron chi connectivity index (χ2n) is 7.68. The molecule has 1 N–H and O–H groups in total. The van der Waals surface area contributed by atoms with Crippen LogP contribution in [0.4, 0.5) is 13.6 Å². The molecule has 2 atom stereocenters. The number of benzene rings is 1. The fourth-order valence-corrected chi connectivity index (χ4v) is 3.89. The molecular weight excluding hydrogens is 368 g/mol. The van der Waals surface area contributed by atoms with E-state index >= 15 is 0 Å². The number of carbonyl (C=O) groups is 2. The van der Waals surface area contributed by atoms with E-state index in [9.17, 15) is 18.4 Å². The SMILES string of the molecule is Cc1ccc(C(F)=CC2CN(C(=O)N3CC[C@@H]4OCC(=O)N[C@@H]4C3)C2)cc1F. The Morgan fingerprint density at radius 3 is 2.82 bits per heavy atom. The van der Waals surface area contributed by atoms with E-state index in [1.165, 1.54) is 12.1 Å². The highest BCUT2D eigenvalue weighted by molar-refractivity contribution is 5.79. The highest BCUT2D eigenvalue weighted by atomic mass is 19.1. The number of carbonyl (C=O) groups excluding carboxylic acids is 2. The van der Waals surface area contributed by atoms with E-state index < -0.39 is 11.6 Å². The minimum Gasteiger partial charge on any atom is -0.366 e. The third-order valence-corrected chi connectivity index (χ3v) is 5.60. The van der Waals surface area contributed by atoms with Gasteiger partial charge in [-0.15, -0.1) is 0 Å². The monoisotopic (exact) mass is 391 g/mol. The summed E-state index contributed by atoms with van der Waals surface area (Å²) < 4.78 is 33.5. The average molecular weight is 391 g/mol. The van der Waals surface area contributed by atoms with Crippen LogP contribution in [0.15, 0.2) is 24.3 Å². The van der Waals surface area contributed by atoms with Crippen LogP contribution in [-0.2, 0) is 9.53 Å². The molecule has 3 heterocycles. The summed E-state index contributed by atoms with van der Waals surface area (Å²) in [5, 5.41) is 2.87. The minimum absolute atomic E-state index is 0.0437. The van der Waals surface area contributed by atoms with Gasteiger partial charge in [-0.2, -0.15) is 0 Å². The summed E-state index contributed by atoms with van der Waals surface area (Å²) >= 11 is 0. The zero-order valence-corrected chi connectivity index (χ0v) is 15.7. The number of hydrogen-bond acceptors (Lipinski definition) is 3. The Kier molecular flexibility index (Phi) is 5.05. The molecule has 0 spiro atoms. The van der Waals surface area contributed by atoms with Crippen LogP contribution in [0.1, 0.15) is 17.5 Å². The van der Waals surface area contributed by atoms with E-state index in [1.54, 1.807) is 28.9 Å². The third kappa shape index (κ3) is 3.73. The van der Waals surface area contributed by atoms with Gasteiger partial charge in [0.05, 0.1) is 12.1 Å². The van der Waals surface area contributed by atoms with Crippen molar-refractivity contribution < 1.29 is 23.1 Å². The highest BCUT2D eigenvalue weighted by Crippen LogP contribution is 2.27. The Morgan fingerprint density at radius 1 is 1.29 bits per heavy atom. The number of ether oxygens (including phenoxy) is 1. The number of aryl methyl sites for hydroxylation is 1. The molecule has 0 bridgehead atoms. The summed E-state index contributed by atoms with van der Waals surface area (Å²) in [5.41, 5.74) is 0.684. The van der Waals surface area contributed by atoms with E-state index in [0.717, 1.165) is 0 Å². The summed E-state index contributed by atoms with van der Waals surface area (Å²) in [7, 11) is 0. The van der Waals surface area contributed by atoms with E-state index in [1.807, 2.05) is 0 Å². The van der Waals surface area contributed by atoms with E-state index in [4.69, 9.17) is 4.74 Å². The van der Waals surface area contributed by atoms with Gasteiger partial charge in [0.1, 0.15) is 18.3 Å². The highest BCUT2D eigenvalue weighted by Gasteiger charge is 2.39. The van der Waals surface area contributed by atoms with Gasteiger partial charge in [0.2, 0.25) is 5.91 Å². The van der Waals surface area contributed by atoms with E-state index in [0.29, 0.717) is 38.2 Å². The van der Waals surface area contributed by atoms with Gasteiger partial charge in [0.25, 0.3) is 0 Å². The number of amides is 3. The number of piperidine rings is 1. The third-order valence-electron chi connectivity index (χ3n) is 5.60. The standard InChI is InChI=1S/C20H23F2N3O3/c1-12-2-3-14(7-15(12)21)16(22)6-13-8-25(9-13)20(27)24-5-4-18-17(10-24)23-19(26)11-28-18/h2-3,6-7,13,17-18H,4-5,8-11H2,1H3,(H,23,26)/t17-,18+/m1/s1. The van der Waals surface area contributed by atoms with Crippen molar-refractivity contribution in [3.63, 3.8) is 0 Å². The molecule has 6 nitrogen and oxygen atoms in total. The molecule has 3 aliphatic heterocycles. The van der Waals surface area contributed by atoms with Gasteiger partial charge in [0, 0.05) is 37.7 Å². The lowest BCUT2D eigenvalue weighted by molar-refractivity contribution is -0.139. The molecule has 3 aliphatic rings. The lowest BCUT2D eigenvalue weighted by Crippen LogP contribution is -2.64. The maximum absolute atomic E-state index is 14.3. The van der Waals surface area contributed by atoms with Crippen molar-refractivity contribution in [1.29, 1.82) is 0 Å². The molecule has 1 aromatic carbocycles. The van der Waals surface area contributed by atoms with Crippen molar-refractivity contribution in [3.05, 3.63) is 41.2 Å². The van der Waals surface area contributed by atoms with Crippen LogP contribution in [0, 0.1) is 18.7 Å². The Bertz CT molecular complexity index is 823. The van der Waals surface area contributed by atoms with Gasteiger partial charge in [-0.25, -0.2) is 13.6 Å². The molecule has 4 rings (SSSR count). The van der Waals surface area contributed by atoms with Crippen LogP contribution in [0.3, 0.4) is 0 Å². The van der Waals surface area contributed by atoms with Crippen molar-refractivity contribution in [2.24, 2.45) is 5.92 Å². The molecule has 0 radical (unpaired) electrons. The first-order chi connectivity index (χ1) is 13.4. The number of fused-ring (bicyclic) bond motifs is 1. The van der Waals surface area contributed by atoms with Crippen molar-refractivity contribution >= 4 is 17.8 Å². The van der Waals surface area contributed by atoms with Crippen LogP contribution < -0.4 is 5.32 Å². The molecule has 3 fully saturated rings. The fraction of sp³-hybridized carbons (Fsp3) is 0.500. The number of nitrogens with zero attached hydrogens (tertiary/aromatic N) is 2. The summed E-state index contributed by atoms with van der Waals surface area (Å²) in [6.07, 6.45) is 2.09. The minimum atomic E-state index is -0.473. The first-order valence-corrected chi connectivity index (χ1v) is 9.49. The normalized spacial score (nSPS) is 25.8. The lowest BCUT2D eigenvalue weighted by atomic mass is 9.97. The van der Waals surface area contributed by atoms with Crippen molar-refractivity contribution in [1.82, 2.24) is 15.1 Å². The number of halogens is 2. The van der Waals surface area contributed by atoms with Gasteiger partial charge in [-0.1, -0.05) is 12.1 Å². The maximum atomic E-state index is 14.3. The molecule has 0 aliphatic carbocycles. The number of rotatable bonds is 2. The maximum Gasteiger partial charge on any atom is 0.320 e. The lowest BCUT2D eigenvalue weighted by Gasteiger charge is -2.45. The second kappa shape index (κ2) is 7.50. The molecule has 150 valence electrons. The molecule has 1 aromatic rings. The molecule has 3 saturated heterocycles. The molecule has 28 heavy (non-hydrogen) atoms. The number of morpholine rings is 1. The van der Waals surface area contributed by atoms with Gasteiger partial charge in [0.15, 0.2) is 0 Å². The van der Waals surface area contributed by atoms with Crippen LogP contribution >= 0.6 is 0 Å². The first kappa shape index (κ1) is 18.9. The number of likely N-dealkylation sites (tertiary alicyclic amines) is 2. The Morgan fingerprint density at radius 2 is 2.07 bits per heavy atom. The topological polar surface area (TPSA) is 61.9 Å². The molecule has 0 saturated carbocycles. The molecular formula is C20H23F2N3O3. The Balaban J connectivity index is 1.31. The summed E-state index contributed by atoms with van der Waals surface area (Å²) in [6, 6.07) is 4.00. The van der Waals surface area contributed by atoms with E-state index in [-0.39, 0.29) is 42.2 Å². The first-order valence-electron chi connectivity index (χ1n) is 9.49. The molecule has 3 amide bonds. The summed E-state index contributed by atoms with van der Waals surface area (Å²) in [6.45, 7) is 3.55. The number of urea groups is 1. The summed E-state index contributed by atoms with van der Waals surface area (Å²) in [5.74, 6) is -1.16. The molecule has 0 unspecified atom stereocenters. The average Bonchev–Trinajstić information content (AvgIpc) is 2.65. The van der Waals surface area contributed by atoms with Crippen molar-refractivity contribution in [2.75, 3.05) is 32.8 Å². The van der Waals surface area contributed by atoms with Crippen LogP contribution in [-0.4, -0.2) is 66.7 Å². The van der Waals surface area contributed by atoms with Crippen LogP contribution in [0.5, 0.6) is 0 Å². The Hall–Kier alpha value is -2.48.